The van der Waals surface area contributed by atoms with E-state index in [1.165, 1.54) is 0 Å². The van der Waals surface area contributed by atoms with E-state index in [4.69, 9.17) is 10.3 Å². The summed E-state index contributed by atoms with van der Waals surface area (Å²) in [5.41, 5.74) is 6.99. The first-order valence-electron chi connectivity index (χ1n) is 7.14. The first-order valence-corrected chi connectivity index (χ1v) is 7.14. The Hall–Kier alpha value is -1.99. The van der Waals surface area contributed by atoms with Crippen molar-refractivity contribution in [1.29, 1.82) is 0 Å². The normalized spacial score (nSPS) is 17.2. The Bertz CT molecular complexity index is 591. The third-order valence-corrected chi connectivity index (χ3v) is 3.72. The fourth-order valence-electron chi connectivity index (χ4n) is 2.54. The van der Waals surface area contributed by atoms with Gasteiger partial charge in [0, 0.05) is 51.4 Å². The number of hydrogen-bond acceptors (Lipinski definition) is 7. The molecule has 0 amide bonds. The average molecular weight is 288 g/mol. The zero-order chi connectivity index (χ0) is 14.7. The molecule has 3 heterocycles. The highest BCUT2D eigenvalue weighted by Gasteiger charge is 2.19. The van der Waals surface area contributed by atoms with Crippen LogP contribution in [0.5, 0.6) is 0 Å². The van der Waals surface area contributed by atoms with E-state index >= 15 is 0 Å². The van der Waals surface area contributed by atoms with Crippen molar-refractivity contribution in [2.24, 2.45) is 0 Å². The van der Waals surface area contributed by atoms with Gasteiger partial charge in [-0.25, -0.2) is 4.98 Å². The van der Waals surface area contributed by atoms with E-state index in [0.717, 1.165) is 50.7 Å². The predicted octanol–water partition coefficient (Wildman–Crippen LogP) is 0.673. The predicted molar refractivity (Wildman–Crippen MR) is 78.2 cm³/mol. The van der Waals surface area contributed by atoms with Gasteiger partial charge in [-0.05, 0) is 6.07 Å². The average Bonchev–Trinajstić information content (AvgIpc) is 2.89. The number of aromatic nitrogens is 3. The third kappa shape index (κ3) is 3.56. The molecule has 0 bridgehead atoms. The molecule has 0 radical (unpaired) electrons. The van der Waals surface area contributed by atoms with Gasteiger partial charge >= 0.3 is 0 Å². The van der Waals surface area contributed by atoms with Gasteiger partial charge in [-0.1, -0.05) is 11.2 Å². The molecule has 1 aliphatic heterocycles. The second kappa shape index (κ2) is 6.19. The number of anilines is 1. The van der Waals surface area contributed by atoms with E-state index in [1.54, 1.807) is 6.20 Å². The molecule has 2 aromatic heterocycles. The van der Waals surface area contributed by atoms with Crippen molar-refractivity contribution in [1.82, 2.24) is 24.9 Å². The molecule has 2 aromatic rings. The first-order chi connectivity index (χ1) is 10.2. The Labute approximate surface area is 123 Å². The third-order valence-electron chi connectivity index (χ3n) is 3.72. The molecule has 0 atom stereocenters. The minimum Gasteiger partial charge on any atom is -0.383 e. The van der Waals surface area contributed by atoms with Crippen LogP contribution in [0.2, 0.25) is 0 Å². The van der Waals surface area contributed by atoms with Crippen molar-refractivity contribution < 1.29 is 4.52 Å². The summed E-state index contributed by atoms with van der Waals surface area (Å²) in [7, 11) is 0. The van der Waals surface area contributed by atoms with Crippen molar-refractivity contribution in [3.63, 3.8) is 0 Å². The second-order valence-electron chi connectivity index (χ2n) is 5.33. The van der Waals surface area contributed by atoms with Crippen LogP contribution in [0, 0.1) is 6.92 Å². The summed E-state index contributed by atoms with van der Waals surface area (Å²) in [5.74, 6) is 2.01. The fraction of sp³-hybridized carbons (Fsp3) is 0.500. The summed E-state index contributed by atoms with van der Waals surface area (Å²) in [4.78, 5) is 13.1. The Balaban J connectivity index is 1.50. The highest BCUT2D eigenvalue weighted by molar-refractivity contribution is 5.38. The molecule has 1 saturated heterocycles. The van der Waals surface area contributed by atoms with Gasteiger partial charge in [0.15, 0.2) is 5.82 Å². The molecule has 7 heteroatoms. The van der Waals surface area contributed by atoms with Crippen molar-refractivity contribution >= 4 is 5.82 Å². The summed E-state index contributed by atoms with van der Waals surface area (Å²) in [6, 6.07) is 3.97. The number of nitrogens with zero attached hydrogens (tertiary/aromatic N) is 5. The number of nitrogen functional groups attached to an aromatic ring is 1. The summed E-state index contributed by atoms with van der Waals surface area (Å²) >= 11 is 0. The summed E-state index contributed by atoms with van der Waals surface area (Å²) in [6.07, 6.45) is 1.73. The number of piperazine rings is 1. The van der Waals surface area contributed by atoms with Crippen molar-refractivity contribution in [2.45, 2.75) is 20.0 Å². The quantitative estimate of drug-likeness (QED) is 0.885. The van der Waals surface area contributed by atoms with Gasteiger partial charge in [0.1, 0.15) is 5.82 Å². The van der Waals surface area contributed by atoms with Crippen LogP contribution in [0.25, 0.3) is 0 Å². The fourth-order valence-corrected chi connectivity index (χ4v) is 2.54. The SMILES string of the molecule is Cc1nc(CN2CCN(Cc3cccnc3N)CC2)no1. The lowest BCUT2D eigenvalue weighted by Crippen LogP contribution is -2.45. The smallest absolute Gasteiger partial charge is 0.223 e. The molecule has 7 nitrogen and oxygen atoms in total. The minimum absolute atomic E-state index is 0.621. The van der Waals surface area contributed by atoms with Crippen LogP contribution in [0.4, 0.5) is 5.82 Å². The van der Waals surface area contributed by atoms with E-state index in [2.05, 4.69) is 24.9 Å². The molecule has 112 valence electrons. The summed E-state index contributed by atoms with van der Waals surface area (Å²) in [5, 5.41) is 3.94. The monoisotopic (exact) mass is 288 g/mol. The van der Waals surface area contributed by atoms with Crippen LogP contribution >= 0.6 is 0 Å². The van der Waals surface area contributed by atoms with Gasteiger partial charge in [-0.15, -0.1) is 0 Å². The van der Waals surface area contributed by atoms with Crippen LogP contribution in [0.3, 0.4) is 0 Å². The molecule has 0 aromatic carbocycles. The zero-order valence-electron chi connectivity index (χ0n) is 12.2. The molecular formula is C14H20N6O. The first kappa shape index (κ1) is 14.0. The molecule has 0 unspecified atom stereocenters. The maximum Gasteiger partial charge on any atom is 0.223 e. The number of pyridine rings is 1. The van der Waals surface area contributed by atoms with Crippen molar-refractivity contribution in [3.05, 3.63) is 35.6 Å². The standard InChI is InChI=1S/C14H20N6O/c1-11-17-13(18-21-11)10-20-7-5-19(6-8-20)9-12-3-2-4-16-14(12)15/h2-4H,5-10H2,1H3,(H2,15,16). The van der Waals surface area contributed by atoms with E-state index in [0.29, 0.717) is 11.7 Å². The van der Waals surface area contributed by atoms with Gasteiger partial charge in [-0.3, -0.25) is 9.80 Å². The van der Waals surface area contributed by atoms with Crippen molar-refractivity contribution in [3.8, 4) is 0 Å². The molecule has 0 saturated carbocycles. The summed E-state index contributed by atoms with van der Waals surface area (Å²) in [6.45, 7) is 7.42. The molecule has 3 rings (SSSR count). The Morgan fingerprint density at radius 2 is 1.90 bits per heavy atom. The largest absolute Gasteiger partial charge is 0.383 e. The lowest BCUT2D eigenvalue weighted by Gasteiger charge is -2.34. The number of nitrogens with two attached hydrogens (primary N) is 1. The molecule has 1 fully saturated rings. The van der Waals surface area contributed by atoms with Gasteiger partial charge in [0.05, 0.1) is 6.54 Å². The number of rotatable bonds is 4. The van der Waals surface area contributed by atoms with E-state index in [1.807, 2.05) is 19.1 Å². The summed E-state index contributed by atoms with van der Waals surface area (Å²) < 4.78 is 5.00. The van der Waals surface area contributed by atoms with E-state index in [-0.39, 0.29) is 0 Å². The topological polar surface area (TPSA) is 84.3 Å². The van der Waals surface area contributed by atoms with Gasteiger partial charge in [0.25, 0.3) is 0 Å². The number of aryl methyl sites for hydroxylation is 1. The lowest BCUT2D eigenvalue weighted by molar-refractivity contribution is 0.119. The molecule has 0 spiro atoms. The number of hydrogen-bond donors (Lipinski definition) is 1. The molecule has 1 aliphatic rings. The van der Waals surface area contributed by atoms with Crippen LogP contribution in [0.15, 0.2) is 22.9 Å². The second-order valence-corrected chi connectivity index (χ2v) is 5.33. The minimum atomic E-state index is 0.621. The Morgan fingerprint density at radius 1 is 1.19 bits per heavy atom. The Kier molecular flexibility index (Phi) is 4.12. The van der Waals surface area contributed by atoms with Gasteiger partial charge in [0.2, 0.25) is 5.89 Å². The van der Waals surface area contributed by atoms with E-state index < -0.39 is 0 Å². The lowest BCUT2D eigenvalue weighted by atomic mass is 10.2. The van der Waals surface area contributed by atoms with Gasteiger partial charge < -0.3 is 10.3 Å². The highest BCUT2D eigenvalue weighted by Crippen LogP contribution is 2.13. The zero-order valence-corrected chi connectivity index (χ0v) is 12.2. The maximum absolute atomic E-state index is 5.89. The van der Waals surface area contributed by atoms with Gasteiger partial charge in [-0.2, -0.15) is 4.98 Å². The van der Waals surface area contributed by atoms with Crippen molar-refractivity contribution in [2.75, 3.05) is 31.9 Å². The highest BCUT2D eigenvalue weighted by atomic mass is 16.5. The Morgan fingerprint density at radius 3 is 2.52 bits per heavy atom. The molecule has 21 heavy (non-hydrogen) atoms. The van der Waals surface area contributed by atoms with Crippen LogP contribution < -0.4 is 5.73 Å². The van der Waals surface area contributed by atoms with E-state index in [9.17, 15) is 0 Å². The molecule has 0 aliphatic carbocycles. The molecule has 2 N–H and O–H groups in total. The van der Waals surface area contributed by atoms with Crippen LogP contribution in [-0.4, -0.2) is 51.1 Å². The van der Waals surface area contributed by atoms with Crippen LogP contribution in [-0.2, 0) is 13.1 Å². The maximum atomic E-state index is 5.89. The van der Waals surface area contributed by atoms with Crippen LogP contribution in [0.1, 0.15) is 17.3 Å². The molecular weight excluding hydrogens is 268 g/mol.